The highest BCUT2D eigenvalue weighted by Gasteiger charge is 2.18. The number of amides is 1. The number of carbonyl (C=O) groups excluding carboxylic acids is 1. The number of rotatable bonds is 9. The topological polar surface area (TPSA) is 66.0 Å². The Morgan fingerprint density at radius 2 is 1.40 bits per heavy atom. The smallest absolute Gasteiger partial charge is 0.251 e. The number of nitrogens with one attached hydrogen (secondary N) is 1. The van der Waals surface area contributed by atoms with Crippen molar-refractivity contribution in [3.05, 3.63) is 83.4 Å². The monoisotopic (exact) mass is 407 g/mol. The molecule has 3 rings (SSSR count). The summed E-state index contributed by atoms with van der Waals surface area (Å²) in [5.41, 5.74) is 2.31. The molecule has 3 aromatic rings. The lowest BCUT2D eigenvalue weighted by atomic mass is 10.1. The van der Waals surface area contributed by atoms with Crippen molar-refractivity contribution in [2.24, 2.45) is 0 Å². The zero-order valence-corrected chi connectivity index (χ0v) is 17.3. The molecule has 0 aliphatic rings. The molecule has 0 atom stereocenters. The fourth-order valence-corrected chi connectivity index (χ4v) is 3.01. The van der Waals surface area contributed by atoms with Crippen molar-refractivity contribution in [2.75, 3.05) is 21.3 Å². The van der Waals surface area contributed by atoms with Crippen molar-refractivity contribution in [3.63, 3.8) is 0 Å². The third-order valence-electron chi connectivity index (χ3n) is 4.58. The standard InChI is InChI=1S/C24H25NO5/c1-27-20-12-8-7-11-18(20)15-25-24(26)19-13-21(28-2)23(22(14-19)29-3)30-16-17-9-5-4-6-10-17/h4-14H,15-16H2,1-3H3,(H,25,26). The van der Waals surface area contributed by atoms with Gasteiger partial charge in [0.05, 0.1) is 21.3 Å². The molecule has 156 valence electrons. The van der Waals surface area contributed by atoms with Gasteiger partial charge in [-0.2, -0.15) is 0 Å². The van der Waals surface area contributed by atoms with E-state index >= 15 is 0 Å². The summed E-state index contributed by atoms with van der Waals surface area (Å²) in [4.78, 5) is 12.7. The van der Waals surface area contributed by atoms with E-state index in [-0.39, 0.29) is 5.91 Å². The Bertz CT molecular complexity index is 963. The molecule has 0 aliphatic heterocycles. The van der Waals surface area contributed by atoms with Gasteiger partial charge in [0, 0.05) is 17.7 Å². The number of hydrogen-bond acceptors (Lipinski definition) is 5. The molecule has 6 nitrogen and oxygen atoms in total. The molecule has 0 heterocycles. The van der Waals surface area contributed by atoms with Gasteiger partial charge < -0.3 is 24.3 Å². The highest BCUT2D eigenvalue weighted by atomic mass is 16.5. The molecule has 0 unspecified atom stereocenters. The Balaban J connectivity index is 1.77. The molecule has 0 saturated carbocycles. The molecule has 6 heteroatoms. The zero-order valence-electron chi connectivity index (χ0n) is 17.3. The fraction of sp³-hybridized carbons (Fsp3) is 0.208. The number of ether oxygens (including phenoxy) is 4. The van der Waals surface area contributed by atoms with Crippen molar-refractivity contribution in [3.8, 4) is 23.0 Å². The van der Waals surface area contributed by atoms with Gasteiger partial charge in [0.2, 0.25) is 5.75 Å². The van der Waals surface area contributed by atoms with Crippen LogP contribution >= 0.6 is 0 Å². The predicted molar refractivity (Wildman–Crippen MR) is 114 cm³/mol. The number of methoxy groups -OCH3 is 3. The van der Waals surface area contributed by atoms with E-state index in [1.807, 2.05) is 54.6 Å². The Hall–Kier alpha value is -3.67. The summed E-state index contributed by atoms with van der Waals surface area (Å²) in [5, 5.41) is 2.90. The third kappa shape index (κ3) is 5.03. The molecule has 0 radical (unpaired) electrons. The Labute approximate surface area is 176 Å². The van der Waals surface area contributed by atoms with Crippen LogP contribution in [0.2, 0.25) is 0 Å². The molecule has 1 amide bonds. The van der Waals surface area contributed by atoms with Gasteiger partial charge in [0.15, 0.2) is 11.5 Å². The van der Waals surface area contributed by atoms with E-state index in [2.05, 4.69) is 5.32 Å². The van der Waals surface area contributed by atoms with E-state index in [4.69, 9.17) is 18.9 Å². The third-order valence-corrected chi connectivity index (χ3v) is 4.58. The molecule has 0 aromatic heterocycles. The summed E-state index contributed by atoms with van der Waals surface area (Å²) in [6.07, 6.45) is 0. The van der Waals surface area contributed by atoms with Crippen LogP contribution < -0.4 is 24.3 Å². The van der Waals surface area contributed by atoms with E-state index in [0.717, 1.165) is 16.9 Å². The van der Waals surface area contributed by atoms with E-state index in [1.165, 1.54) is 14.2 Å². The average Bonchev–Trinajstić information content (AvgIpc) is 2.81. The van der Waals surface area contributed by atoms with Gasteiger partial charge in [-0.1, -0.05) is 48.5 Å². The molecule has 0 spiro atoms. The van der Waals surface area contributed by atoms with Crippen molar-refractivity contribution in [2.45, 2.75) is 13.2 Å². The van der Waals surface area contributed by atoms with Gasteiger partial charge in [0.1, 0.15) is 12.4 Å². The SMILES string of the molecule is COc1ccccc1CNC(=O)c1cc(OC)c(OCc2ccccc2)c(OC)c1. The second kappa shape index (κ2) is 10.2. The minimum absolute atomic E-state index is 0.257. The van der Waals surface area contributed by atoms with Crippen LogP contribution in [0.15, 0.2) is 66.7 Å². The highest BCUT2D eigenvalue weighted by molar-refractivity contribution is 5.95. The predicted octanol–water partition coefficient (Wildman–Crippen LogP) is 4.22. The molecule has 1 N–H and O–H groups in total. The minimum atomic E-state index is -0.257. The van der Waals surface area contributed by atoms with Gasteiger partial charge >= 0.3 is 0 Å². The van der Waals surface area contributed by atoms with Crippen molar-refractivity contribution in [1.29, 1.82) is 0 Å². The Morgan fingerprint density at radius 1 is 0.800 bits per heavy atom. The lowest BCUT2D eigenvalue weighted by Gasteiger charge is -2.16. The summed E-state index contributed by atoms with van der Waals surface area (Å²) in [7, 11) is 4.66. The highest BCUT2D eigenvalue weighted by Crippen LogP contribution is 2.39. The Morgan fingerprint density at radius 3 is 2.03 bits per heavy atom. The first-order valence-corrected chi connectivity index (χ1v) is 9.49. The van der Waals surface area contributed by atoms with Gasteiger partial charge in [-0.15, -0.1) is 0 Å². The van der Waals surface area contributed by atoms with Crippen molar-refractivity contribution < 1.29 is 23.7 Å². The van der Waals surface area contributed by atoms with Crippen LogP contribution in [0.25, 0.3) is 0 Å². The molecule has 0 saturated heterocycles. The van der Waals surface area contributed by atoms with Crippen molar-refractivity contribution >= 4 is 5.91 Å². The summed E-state index contributed by atoms with van der Waals surface area (Å²) >= 11 is 0. The van der Waals surface area contributed by atoms with Crippen LogP contribution in [0.1, 0.15) is 21.5 Å². The molecule has 30 heavy (non-hydrogen) atoms. The lowest BCUT2D eigenvalue weighted by Crippen LogP contribution is -2.23. The molecular formula is C24H25NO5. The molecular weight excluding hydrogens is 382 g/mol. The van der Waals surface area contributed by atoms with E-state index in [0.29, 0.717) is 36.0 Å². The van der Waals surface area contributed by atoms with E-state index in [1.54, 1.807) is 19.2 Å². The van der Waals surface area contributed by atoms with E-state index < -0.39 is 0 Å². The largest absolute Gasteiger partial charge is 0.496 e. The molecule has 0 bridgehead atoms. The summed E-state index contributed by atoms with van der Waals surface area (Å²) in [5.74, 6) is 1.76. The maximum atomic E-state index is 12.7. The van der Waals surface area contributed by atoms with Crippen molar-refractivity contribution in [1.82, 2.24) is 5.32 Å². The quantitative estimate of drug-likeness (QED) is 0.575. The van der Waals surface area contributed by atoms with Crippen LogP contribution in [0, 0.1) is 0 Å². The minimum Gasteiger partial charge on any atom is -0.496 e. The lowest BCUT2D eigenvalue weighted by molar-refractivity contribution is 0.0949. The first-order chi connectivity index (χ1) is 14.7. The maximum Gasteiger partial charge on any atom is 0.251 e. The Kier molecular flexibility index (Phi) is 7.16. The van der Waals surface area contributed by atoms with Crippen LogP contribution in [0.4, 0.5) is 0 Å². The first-order valence-electron chi connectivity index (χ1n) is 9.49. The first kappa shape index (κ1) is 21.0. The average molecular weight is 407 g/mol. The van der Waals surface area contributed by atoms with E-state index in [9.17, 15) is 4.79 Å². The summed E-state index contributed by atoms with van der Waals surface area (Å²) in [6, 6.07) is 20.6. The maximum absolute atomic E-state index is 12.7. The van der Waals surface area contributed by atoms with Crippen LogP contribution in [-0.4, -0.2) is 27.2 Å². The van der Waals surface area contributed by atoms with Gasteiger partial charge in [-0.25, -0.2) is 0 Å². The van der Waals surface area contributed by atoms with Crippen LogP contribution in [0.5, 0.6) is 23.0 Å². The second-order valence-corrected chi connectivity index (χ2v) is 6.48. The van der Waals surface area contributed by atoms with Gasteiger partial charge in [-0.3, -0.25) is 4.79 Å². The fourth-order valence-electron chi connectivity index (χ4n) is 3.01. The number of hydrogen-bond donors (Lipinski definition) is 1. The zero-order chi connectivity index (χ0) is 21.3. The van der Waals surface area contributed by atoms with Crippen LogP contribution in [-0.2, 0) is 13.2 Å². The molecule has 3 aromatic carbocycles. The number of carbonyl (C=O) groups is 1. The van der Waals surface area contributed by atoms with Crippen LogP contribution in [0.3, 0.4) is 0 Å². The van der Waals surface area contributed by atoms with Gasteiger partial charge in [0.25, 0.3) is 5.91 Å². The summed E-state index contributed by atoms with van der Waals surface area (Å²) in [6.45, 7) is 0.687. The number of benzene rings is 3. The number of para-hydroxylation sites is 1. The molecule has 0 aliphatic carbocycles. The normalized spacial score (nSPS) is 10.2. The second-order valence-electron chi connectivity index (χ2n) is 6.48. The summed E-state index contributed by atoms with van der Waals surface area (Å²) < 4.78 is 22.2. The van der Waals surface area contributed by atoms with Gasteiger partial charge in [-0.05, 0) is 23.8 Å². The molecule has 0 fully saturated rings.